The summed E-state index contributed by atoms with van der Waals surface area (Å²) in [5.74, 6) is 3.09. The van der Waals surface area contributed by atoms with Gasteiger partial charge in [0.05, 0.1) is 14.2 Å². The molecule has 0 unspecified atom stereocenters. The quantitative estimate of drug-likeness (QED) is 0.479. The summed E-state index contributed by atoms with van der Waals surface area (Å²) in [7, 11) is -0.104. The minimum atomic E-state index is -2.66. The molecule has 0 saturated heterocycles. The van der Waals surface area contributed by atoms with E-state index in [1.807, 2.05) is 0 Å². The van der Waals surface area contributed by atoms with Crippen LogP contribution in [0.5, 0.6) is 0 Å². The van der Waals surface area contributed by atoms with Crippen molar-refractivity contribution in [1.82, 2.24) is 0 Å². The van der Waals surface area contributed by atoms with Crippen LogP contribution in [0.15, 0.2) is 0 Å². The van der Waals surface area contributed by atoms with Gasteiger partial charge in [-0.05, 0) is 0 Å². The molecule has 0 aliphatic carbocycles. The van der Waals surface area contributed by atoms with Crippen molar-refractivity contribution in [2.45, 2.75) is 0 Å². The number of hydrogen-bond donors (Lipinski definition) is 0. The van der Waals surface area contributed by atoms with Crippen molar-refractivity contribution >= 4 is 16.0 Å². The van der Waals surface area contributed by atoms with Gasteiger partial charge in [0.2, 0.25) is 0 Å². The molecule has 0 radical (unpaired) electrons. The summed E-state index contributed by atoms with van der Waals surface area (Å²) in [6.45, 7) is 0. The first-order valence-corrected chi connectivity index (χ1v) is 3.18. The molecule has 0 aromatic carbocycles. The van der Waals surface area contributed by atoms with Gasteiger partial charge in [0.25, 0.3) is 0 Å². The molecule has 0 spiro atoms. The lowest BCUT2D eigenvalue weighted by molar-refractivity contribution is 0.330. The van der Waals surface area contributed by atoms with Gasteiger partial charge in [-0.15, -0.1) is 0 Å². The van der Waals surface area contributed by atoms with Gasteiger partial charge in [-0.1, -0.05) is 0 Å². The minimum Gasteiger partial charge on any atom is -0.282 e. The Morgan fingerprint density at radius 2 is 1.71 bits per heavy atom. The lowest BCUT2D eigenvalue weighted by Crippen LogP contribution is -2.02. The van der Waals surface area contributed by atoms with Crippen molar-refractivity contribution in [3.8, 4) is 0 Å². The van der Waals surface area contributed by atoms with Crippen LogP contribution >= 0.6 is 0 Å². The first kappa shape index (κ1) is 6.94. The van der Waals surface area contributed by atoms with E-state index >= 15 is 0 Å². The summed E-state index contributed by atoms with van der Waals surface area (Å²) in [6, 6.07) is 0. The highest BCUT2D eigenvalue weighted by atomic mass is 32.2. The van der Waals surface area contributed by atoms with Gasteiger partial charge in [-0.25, -0.2) is 4.21 Å². The molecule has 0 aliphatic heterocycles. The Morgan fingerprint density at radius 1 is 1.43 bits per heavy atom. The van der Waals surface area contributed by atoms with Crippen LogP contribution in [0.25, 0.3) is 0 Å². The fourth-order valence-electron chi connectivity index (χ4n) is 0.0680. The van der Waals surface area contributed by atoms with E-state index in [0.29, 0.717) is 0 Å². The van der Waals surface area contributed by atoms with Gasteiger partial charge in [0.15, 0.2) is 10.1 Å². The average molecular weight is 124 g/mol. The van der Waals surface area contributed by atoms with Crippen LogP contribution in [-0.2, 0) is 18.4 Å². The lowest BCUT2D eigenvalue weighted by atomic mass is 11.8. The second kappa shape index (κ2) is 2.30. The van der Waals surface area contributed by atoms with Crippen LogP contribution in [-0.4, -0.2) is 24.3 Å². The molecular weight excluding hydrogens is 116 g/mol. The zero-order chi connectivity index (χ0) is 5.91. The molecule has 3 nitrogen and oxygen atoms in total. The molecule has 0 rings (SSSR count). The SMILES string of the molecule is C=S(=O)(OC)OC. The van der Waals surface area contributed by atoms with E-state index in [4.69, 9.17) is 0 Å². The first-order chi connectivity index (χ1) is 3.12. The molecular formula is C3H8O3S. The van der Waals surface area contributed by atoms with E-state index in [9.17, 15) is 4.21 Å². The summed E-state index contributed by atoms with van der Waals surface area (Å²) >= 11 is 0. The fourth-order valence-corrected chi connectivity index (χ4v) is 0.204. The van der Waals surface area contributed by atoms with Crippen molar-refractivity contribution in [3.63, 3.8) is 0 Å². The predicted molar refractivity (Wildman–Crippen MR) is 29.3 cm³/mol. The maximum Gasteiger partial charge on any atom is 0.197 e. The second-order valence-electron chi connectivity index (χ2n) is 0.891. The van der Waals surface area contributed by atoms with E-state index in [1.165, 1.54) is 14.2 Å². The molecule has 0 atom stereocenters. The highest BCUT2D eigenvalue weighted by molar-refractivity contribution is 7.91. The van der Waals surface area contributed by atoms with Crippen LogP contribution in [0, 0.1) is 0 Å². The maximum atomic E-state index is 10.4. The summed E-state index contributed by atoms with van der Waals surface area (Å²) in [5, 5.41) is 0. The Balaban J connectivity index is 3.89. The zero-order valence-electron chi connectivity index (χ0n) is 4.34. The van der Waals surface area contributed by atoms with Crippen molar-refractivity contribution in [3.05, 3.63) is 0 Å². The summed E-state index contributed by atoms with van der Waals surface area (Å²) in [5.41, 5.74) is 0. The summed E-state index contributed by atoms with van der Waals surface area (Å²) in [4.78, 5) is 0. The average Bonchev–Trinajstić information content (AvgIpc) is 1.68. The molecule has 0 aromatic rings. The van der Waals surface area contributed by atoms with Gasteiger partial charge < -0.3 is 0 Å². The Labute approximate surface area is 43.7 Å². The topological polar surface area (TPSA) is 35.5 Å². The fraction of sp³-hybridized carbons (Fsp3) is 0.667. The number of hydrogen-bond acceptors (Lipinski definition) is 3. The Morgan fingerprint density at radius 3 is 1.71 bits per heavy atom. The van der Waals surface area contributed by atoms with Gasteiger partial charge >= 0.3 is 0 Å². The van der Waals surface area contributed by atoms with E-state index in [-0.39, 0.29) is 0 Å². The molecule has 0 N–H and O–H groups in total. The molecule has 0 aliphatic rings. The third-order valence-corrected chi connectivity index (χ3v) is 1.52. The Kier molecular flexibility index (Phi) is 2.28. The Bertz CT molecular complexity index is 113. The van der Waals surface area contributed by atoms with E-state index in [2.05, 4.69) is 14.2 Å². The molecule has 0 bridgehead atoms. The first-order valence-electron chi connectivity index (χ1n) is 1.61. The van der Waals surface area contributed by atoms with E-state index < -0.39 is 10.1 Å². The summed E-state index contributed by atoms with van der Waals surface area (Å²) in [6.07, 6.45) is 0. The molecule has 0 heterocycles. The number of rotatable bonds is 2. The maximum absolute atomic E-state index is 10.4. The molecule has 0 saturated carbocycles. The van der Waals surface area contributed by atoms with Gasteiger partial charge in [-0.3, -0.25) is 8.37 Å². The monoisotopic (exact) mass is 124 g/mol. The molecule has 0 fully saturated rings. The minimum absolute atomic E-state index is 1.28. The van der Waals surface area contributed by atoms with Crippen LogP contribution in [0.1, 0.15) is 0 Å². The highest BCUT2D eigenvalue weighted by Gasteiger charge is 1.91. The van der Waals surface area contributed by atoms with E-state index in [1.54, 1.807) is 0 Å². The second-order valence-corrected chi connectivity index (χ2v) is 2.67. The van der Waals surface area contributed by atoms with Gasteiger partial charge in [-0.2, -0.15) is 0 Å². The van der Waals surface area contributed by atoms with Crippen molar-refractivity contribution in [2.24, 2.45) is 0 Å². The molecule has 0 amide bonds. The molecule has 4 heteroatoms. The van der Waals surface area contributed by atoms with Crippen molar-refractivity contribution < 1.29 is 12.6 Å². The smallest absolute Gasteiger partial charge is 0.197 e. The van der Waals surface area contributed by atoms with Crippen LogP contribution in [0.2, 0.25) is 0 Å². The summed E-state index contributed by atoms with van der Waals surface area (Å²) < 4.78 is 18.9. The third kappa shape index (κ3) is 2.61. The van der Waals surface area contributed by atoms with Crippen LogP contribution in [0.3, 0.4) is 0 Å². The largest absolute Gasteiger partial charge is 0.282 e. The zero-order valence-corrected chi connectivity index (χ0v) is 5.16. The molecule has 0 aromatic heterocycles. The van der Waals surface area contributed by atoms with Gasteiger partial charge in [0, 0.05) is 5.87 Å². The lowest BCUT2D eigenvalue weighted by Gasteiger charge is -1.98. The third-order valence-electron chi connectivity index (χ3n) is 0.508. The van der Waals surface area contributed by atoms with Crippen LogP contribution in [0.4, 0.5) is 0 Å². The van der Waals surface area contributed by atoms with Gasteiger partial charge in [0.1, 0.15) is 0 Å². The standard InChI is InChI=1S/C3H8O3S/c1-5-7(3,4)6-2/h3H2,1-2H3. The predicted octanol–water partition coefficient (Wildman–Crippen LogP) is -0.174. The highest BCUT2D eigenvalue weighted by Crippen LogP contribution is 1.86. The Hall–Kier alpha value is -0.0600. The van der Waals surface area contributed by atoms with Crippen molar-refractivity contribution in [1.29, 1.82) is 0 Å². The van der Waals surface area contributed by atoms with Crippen molar-refractivity contribution in [2.75, 3.05) is 14.2 Å². The molecule has 7 heavy (non-hydrogen) atoms. The van der Waals surface area contributed by atoms with E-state index in [0.717, 1.165) is 0 Å². The molecule has 44 valence electrons. The van der Waals surface area contributed by atoms with Crippen LogP contribution < -0.4 is 0 Å². The normalized spacial score (nSPS) is 11.7.